The molecule has 2 aliphatic heterocycles. The highest BCUT2D eigenvalue weighted by Crippen LogP contribution is 2.30. The van der Waals surface area contributed by atoms with Gasteiger partial charge in [-0.2, -0.15) is 10.2 Å². The molecule has 6 heterocycles. The molecule has 12 heteroatoms. The van der Waals surface area contributed by atoms with E-state index in [0.29, 0.717) is 18.6 Å². The topological polar surface area (TPSA) is 116 Å². The van der Waals surface area contributed by atoms with Gasteiger partial charge >= 0.3 is 0 Å². The van der Waals surface area contributed by atoms with Gasteiger partial charge in [0.25, 0.3) is 0 Å². The van der Waals surface area contributed by atoms with Crippen LogP contribution in [0.1, 0.15) is 30.5 Å². The Morgan fingerprint density at radius 3 is 2.39 bits per heavy atom. The van der Waals surface area contributed by atoms with Crippen LogP contribution in [0.4, 0.5) is 16.2 Å². The number of nitrogens with zero attached hydrogens (tertiary/aromatic N) is 9. The highest BCUT2D eigenvalue weighted by Gasteiger charge is 2.27. The maximum absolute atomic E-state index is 13.4. The van der Waals surface area contributed by atoms with E-state index >= 15 is 0 Å². The lowest BCUT2D eigenvalue weighted by atomic mass is 9.87. The summed E-state index contributed by atoms with van der Waals surface area (Å²) in [5.41, 5.74) is 10.4. The zero-order chi connectivity index (χ0) is 28.0. The predicted octanol–water partition coefficient (Wildman–Crippen LogP) is 3.03. The van der Waals surface area contributed by atoms with Crippen molar-refractivity contribution in [3.63, 3.8) is 0 Å². The Morgan fingerprint density at radius 1 is 0.902 bits per heavy atom. The van der Waals surface area contributed by atoms with Crippen molar-refractivity contribution in [1.29, 1.82) is 0 Å². The highest BCUT2D eigenvalue weighted by atomic mass is 19.1. The lowest BCUT2D eigenvalue weighted by Gasteiger charge is -2.35. The molecule has 4 aromatic heterocycles. The molecule has 41 heavy (non-hydrogen) atoms. The van der Waals surface area contributed by atoms with Crippen LogP contribution in [0.3, 0.4) is 0 Å². The van der Waals surface area contributed by atoms with Gasteiger partial charge in [0.15, 0.2) is 5.82 Å². The maximum atomic E-state index is 13.4. The molecule has 0 bridgehead atoms. The van der Waals surface area contributed by atoms with E-state index in [4.69, 9.17) is 10.5 Å². The normalized spacial score (nSPS) is 19.1. The van der Waals surface area contributed by atoms with Gasteiger partial charge in [-0.25, -0.2) is 23.9 Å². The summed E-state index contributed by atoms with van der Waals surface area (Å²) < 4.78 is 22.8. The van der Waals surface area contributed by atoms with Crippen LogP contribution < -0.4 is 15.5 Å². The number of piperazine rings is 1. The van der Waals surface area contributed by atoms with Crippen LogP contribution in [0.15, 0.2) is 67.6 Å². The quantitative estimate of drug-likeness (QED) is 0.338. The third-order valence-electron chi connectivity index (χ3n) is 8.14. The number of fused-ring (bicyclic) bond motifs is 1. The SMILES string of the molecule is C[C@](N)(c1ccc(F)cc1)c1cnc(N2CCN(c3ncnn4cc(-c5cnn([C@@H]6CCOC6)c5)cc34)CC2)nc1. The van der Waals surface area contributed by atoms with Crippen LogP contribution in [0.25, 0.3) is 16.6 Å². The van der Waals surface area contributed by atoms with E-state index in [1.807, 2.05) is 28.5 Å². The van der Waals surface area contributed by atoms with Gasteiger partial charge in [-0.3, -0.25) is 4.68 Å². The third kappa shape index (κ3) is 4.78. The third-order valence-corrected chi connectivity index (χ3v) is 8.14. The van der Waals surface area contributed by atoms with Crippen LogP contribution in [-0.2, 0) is 10.3 Å². The van der Waals surface area contributed by atoms with E-state index in [2.05, 4.69) is 47.2 Å². The fraction of sp³-hybridized carbons (Fsp3) is 0.345. The summed E-state index contributed by atoms with van der Waals surface area (Å²) in [6.07, 6.45) is 12.1. The Bertz CT molecular complexity index is 1650. The summed E-state index contributed by atoms with van der Waals surface area (Å²) in [6, 6.07) is 8.63. The first-order valence-electron chi connectivity index (χ1n) is 13.8. The summed E-state index contributed by atoms with van der Waals surface area (Å²) in [6.45, 7) is 6.39. The molecular weight excluding hydrogens is 523 g/mol. The first-order chi connectivity index (χ1) is 20.0. The fourth-order valence-electron chi connectivity index (χ4n) is 5.57. The largest absolute Gasteiger partial charge is 0.379 e. The van der Waals surface area contributed by atoms with Crippen molar-refractivity contribution in [2.24, 2.45) is 5.73 Å². The molecule has 0 amide bonds. The molecule has 7 rings (SSSR count). The Morgan fingerprint density at radius 2 is 1.66 bits per heavy atom. The number of hydrogen-bond acceptors (Lipinski definition) is 9. The number of halogens is 1. The van der Waals surface area contributed by atoms with Crippen molar-refractivity contribution in [1.82, 2.24) is 34.3 Å². The number of hydrogen-bond donors (Lipinski definition) is 1. The minimum Gasteiger partial charge on any atom is -0.379 e. The molecule has 5 aromatic rings. The maximum Gasteiger partial charge on any atom is 0.225 e. The van der Waals surface area contributed by atoms with Gasteiger partial charge in [-0.1, -0.05) is 12.1 Å². The first-order valence-corrected chi connectivity index (χ1v) is 13.8. The molecule has 0 aliphatic carbocycles. The molecule has 2 atom stereocenters. The molecule has 1 aromatic carbocycles. The molecule has 0 radical (unpaired) electrons. The standard InChI is InChI=1S/C29H31FN10O/c1-29(31,22-2-4-24(30)5-3-22)23-14-32-28(33-15-23)38-9-7-37(8-10-38)27-26-12-20(16-40(26)36-19-34-27)21-13-35-39(17-21)25-6-11-41-18-25/h2-5,12-17,19,25H,6-11,18,31H2,1H3/t25-,29+/m1/s1. The van der Waals surface area contributed by atoms with Gasteiger partial charge < -0.3 is 20.3 Å². The number of anilines is 2. The Balaban J connectivity index is 1.05. The average molecular weight is 555 g/mol. The van der Waals surface area contributed by atoms with Crippen molar-refractivity contribution in [3.05, 3.63) is 84.6 Å². The van der Waals surface area contributed by atoms with E-state index in [-0.39, 0.29) is 5.82 Å². The molecule has 0 saturated carbocycles. The molecule has 2 fully saturated rings. The number of rotatable bonds is 6. The second-order valence-electron chi connectivity index (χ2n) is 10.8. The molecule has 2 saturated heterocycles. The van der Waals surface area contributed by atoms with Gasteiger partial charge in [0.2, 0.25) is 5.95 Å². The predicted molar refractivity (Wildman–Crippen MR) is 152 cm³/mol. The van der Waals surface area contributed by atoms with Gasteiger partial charge in [0, 0.05) is 74.3 Å². The van der Waals surface area contributed by atoms with Crippen molar-refractivity contribution in [2.45, 2.75) is 24.9 Å². The van der Waals surface area contributed by atoms with Crippen molar-refractivity contribution < 1.29 is 9.13 Å². The monoisotopic (exact) mass is 554 g/mol. The van der Waals surface area contributed by atoms with E-state index in [0.717, 1.165) is 72.8 Å². The zero-order valence-corrected chi connectivity index (χ0v) is 22.8. The van der Waals surface area contributed by atoms with Crippen molar-refractivity contribution in [3.8, 4) is 11.1 Å². The Kier molecular flexibility index (Phi) is 6.36. The molecule has 2 aliphatic rings. The summed E-state index contributed by atoms with van der Waals surface area (Å²) in [5, 5.41) is 9.03. The molecular formula is C29H31FN10O. The molecule has 0 unspecified atom stereocenters. The number of ether oxygens (including phenoxy) is 1. The van der Waals surface area contributed by atoms with Crippen LogP contribution >= 0.6 is 0 Å². The number of nitrogens with two attached hydrogens (primary N) is 1. The molecule has 11 nitrogen and oxygen atoms in total. The van der Waals surface area contributed by atoms with Crippen molar-refractivity contribution in [2.75, 3.05) is 49.2 Å². The summed E-state index contributed by atoms with van der Waals surface area (Å²) in [7, 11) is 0. The summed E-state index contributed by atoms with van der Waals surface area (Å²) in [5.74, 6) is 1.26. The summed E-state index contributed by atoms with van der Waals surface area (Å²) in [4.78, 5) is 18.3. The van der Waals surface area contributed by atoms with E-state index in [1.54, 1.807) is 30.9 Å². The van der Waals surface area contributed by atoms with Crippen LogP contribution in [0.2, 0.25) is 0 Å². The highest BCUT2D eigenvalue weighted by molar-refractivity contribution is 5.77. The van der Waals surface area contributed by atoms with E-state index in [1.165, 1.54) is 12.1 Å². The number of aromatic nitrogens is 7. The van der Waals surface area contributed by atoms with Crippen LogP contribution in [-0.4, -0.2) is 73.7 Å². The first kappa shape index (κ1) is 25.5. The lowest BCUT2D eigenvalue weighted by molar-refractivity contribution is 0.184. The Labute approximate surface area is 236 Å². The lowest BCUT2D eigenvalue weighted by Crippen LogP contribution is -2.47. The second kappa shape index (κ2) is 10.2. The van der Waals surface area contributed by atoms with Gasteiger partial charge in [0.05, 0.1) is 24.4 Å². The molecule has 0 spiro atoms. The Hall–Kier alpha value is -4.42. The van der Waals surface area contributed by atoms with Gasteiger partial charge in [-0.05, 0) is 37.1 Å². The smallest absolute Gasteiger partial charge is 0.225 e. The van der Waals surface area contributed by atoms with Crippen molar-refractivity contribution >= 4 is 17.3 Å². The van der Waals surface area contributed by atoms with E-state index in [9.17, 15) is 4.39 Å². The zero-order valence-electron chi connectivity index (χ0n) is 22.8. The second-order valence-corrected chi connectivity index (χ2v) is 10.8. The summed E-state index contributed by atoms with van der Waals surface area (Å²) >= 11 is 0. The van der Waals surface area contributed by atoms with Crippen LogP contribution in [0.5, 0.6) is 0 Å². The fourth-order valence-corrected chi connectivity index (χ4v) is 5.57. The molecule has 2 N–H and O–H groups in total. The minimum absolute atomic E-state index is 0.294. The molecule has 210 valence electrons. The minimum atomic E-state index is -0.830. The van der Waals surface area contributed by atoms with Gasteiger partial charge in [-0.15, -0.1) is 0 Å². The van der Waals surface area contributed by atoms with Crippen LogP contribution in [0, 0.1) is 5.82 Å². The van der Waals surface area contributed by atoms with E-state index < -0.39 is 5.54 Å². The number of benzene rings is 1. The average Bonchev–Trinajstić information content (AvgIpc) is 3.78. The van der Waals surface area contributed by atoms with Gasteiger partial charge in [0.1, 0.15) is 17.7 Å².